The van der Waals surface area contributed by atoms with Gasteiger partial charge in [-0.3, -0.25) is 0 Å². The molecule has 50 heavy (non-hydrogen) atoms. The highest BCUT2D eigenvalue weighted by molar-refractivity contribution is 6.18. The number of aromatic nitrogens is 1. The highest BCUT2D eigenvalue weighted by Gasteiger charge is 2.18. The van der Waals surface area contributed by atoms with Crippen LogP contribution in [0.15, 0.2) is 162 Å². The number of nitrogens with zero attached hydrogens (tertiary/aromatic N) is 1. The topological polar surface area (TPSA) is 30.1 Å². The van der Waals surface area contributed by atoms with Crippen LogP contribution in [0, 0.1) is 5.92 Å². The fraction of sp³-hybridized carbons (Fsp3) is 0.0638. The number of hydrogen-bond acceptors (Lipinski definition) is 2. The second-order valence-corrected chi connectivity index (χ2v) is 13.6. The van der Waals surface area contributed by atoms with E-state index in [-0.39, 0.29) is 0 Å². The van der Waals surface area contributed by atoms with Crippen molar-refractivity contribution >= 4 is 61.2 Å². The van der Waals surface area contributed by atoms with Crippen molar-refractivity contribution in [3.8, 4) is 27.9 Å². The highest BCUT2D eigenvalue weighted by atomic mass is 16.3. The molecule has 0 saturated carbocycles. The molecule has 0 bridgehead atoms. The molecule has 3 nitrogen and oxygen atoms in total. The fourth-order valence-corrected chi connectivity index (χ4v) is 7.81. The number of nitrogens with one attached hydrogen (secondary N) is 1. The fourth-order valence-electron chi connectivity index (χ4n) is 7.81. The standard InChI is InChI=1S/C47H34N2O/c1-30-16-17-33-25-36(21-18-32(33)24-30)48-43-22-19-34(26-39(43)31-10-4-2-5-11-31)35-20-23-44-40(27-35)41-28-42-38-14-8-9-15-46(38)50-47(42)29-45(41)49(44)37-12-6-3-7-13-37/h2-23,25-30,48H,24H2,1H3. The van der Waals surface area contributed by atoms with Crippen LogP contribution in [0.4, 0.5) is 11.4 Å². The lowest BCUT2D eigenvalue weighted by Crippen LogP contribution is -2.04. The van der Waals surface area contributed by atoms with Crippen molar-refractivity contribution in [1.82, 2.24) is 4.57 Å². The van der Waals surface area contributed by atoms with E-state index in [0.29, 0.717) is 5.92 Å². The summed E-state index contributed by atoms with van der Waals surface area (Å²) in [4.78, 5) is 0. The summed E-state index contributed by atoms with van der Waals surface area (Å²) in [6.45, 7) is 2.28. The zero-order chi connectivity index (χ0) is 33.2. The molecule has 0 amide bonds. The normalized spacial score (nSPS) is 14.1. The number of fused-ring (bicyclic) bond motifs is 7. The number of anilines is 2. The van der Waals surface area contributed by atoms with Gasteiger partial charge >= 0.3 is 0 Å². The Bertz CT molecular complexity index is 2770. The van der Waals surface area contributed by atoms with Crippen LogP contribution in [0.3, 0.4) is 0 Å². The summed E-state index contributed by atoms with van der Waals surface area (Å²) >= 11 is 0. The van der Waals surface area contributed by atoms with Crippen molar-refractivity contribution in [3.63, 3.8) is 0 Å². The molecule has 7 aromatic carbocycles. The summed E-state index contributed by atoms with van der Waals surface area (Å²) in [5.74, 6) is 0.583. The zero-order valence-corrected chi connectivity index (χ0v) is 27.7. The molecular weight excluding hydrogens is 609 g/mol. The van der Waals surface area contributed by atoms with Crippen molar-refractivity contribution in [2.24, 2.45) is 5.92 Å². The lowest BCUT2D eigenvalue weighted by Gasteiger charge is -2.19. The summed E-state index contributed by atoms with van der Waals surface area (Å²) in [7, 11) is 0. The molecule has 2 aromatic heterocycles. The van der Waals surface area contributed by atoms with Gasteiger partial charge in [-0.05, 0) is 101 Å². The Kier molecular flexibility index (Phi) is 6.53. The van der Waals surface area contributed by atoms with Crippen molar-refractivity contribution in [2.75, 3.05) is 5.32 Å². The van der Waals surface area contributed by atoms with Gasteiger partial charge in [-0.25, -0.2) is 0 Å². The van der Waals surface area contributed by atoms with E-state index in [0.717, 1.165) is 50.9 Å². The van der Waals surface area contributed by atoms with Gasteiger partial charge in [0.1, 0.15) is 11.2 Å². The Morgan fingerprint density at radius 2 is 1.34 bits per heavy atom. The molecule has 0 fully saturated rings. The van der Waals surface area contributed by atoms with Crippen LogP contribution < -0.4 is 5.32 Å². The number of para-hydroxylation sites is 2. The van der Waals surface area contributed by atoms with Crippen LogP contribution in [0.25, 0.3) is 77.8 Å². The minimum Gasteiger partial charge on any atom is -0.456 e. The second-order valence-electron chi connectivity index (χ2n) is 13.6. The van der Waals surface area contributed by atoms with Crippen LogP contribution in [0.5, 0.6) is 0 Å². The third-order valence-electron chi connectivity index (χ3n) is 10.3. The third-order valence-corrected chi connectivity index (χ3v) is 10.3. The summed E-state index contributed by atoms with van der Waals surface area (Å²) < 4.78 is 8.72. The lowest BCUT2D eigenvalue weighted by molar-refractivity contribution is 0.669. The largest absolute Gasteiger partial charge is 0.456 e. The van der Waals surface area contributed by atoms with Crippen LogP contribution >= 0.6 is 0 Å². The van der Waals surface area contributed by atoms with Gasteiger partial charge in [-0.1, -0.05) is 104 Å². The number of furan rings is 1. The Hall–Kier alpha value is -6.32. The Balaban J connectivity index is 1.14. The van der Waals surface area contributed by atoms with Crippen molar-refractivity contribution in [2.45, 2.75) is 13.3 Å². The molecule has 0 spiro atoms. The molecule has 3 heteroatoms. The Morgan fingerprint density at radius 3 is 2.22 bits per heavy atom. The van der Waals surface area contributed by atoms with E-state index < -0.39 is 0 Å². The van der Waals surface area contributed by atoms with E-state index in [1.54, 1.807) is 0 Å². The van der Waals surface area contributed by atoms with Gasteiger partial charge in [0.05, 0.1) is 11.0 Å². The van der Waals surface area contributed by atoms with Gasteiger partial charge in [0.2, 0.25) is 0 Å². The van der Waals surface area contributed by atoms with Crippen LogP contribution in [0.1, 0.15) is 18.1 Å². The Morgan fingerprint density at radius 1 is 0.580 bits per heavy atom. The van der Waals surface area contributed by atoms with E-state index >= 15 is 0 Å². The summed E-state index contributed by atoms with van der Waals surface area (Å²) in [6, 6.07) is 54.6. The first-order valence-corrected chi connectivity index (χ1v) is 17.4. The SMILES string of the molecule is CC1C=Cc2cc(Nc3ccc(-c4ccc5c(c4)c4cc6c(cc4n5-c4ccccc4)oc4ccccc46)cc3-c3ccccc3)ccc2C1. The zero-order valence-electron chi connectivity index (χ0n) is 27.7. The van der Waals surface area contributed by atoms with Gasteiger partial charge < -0.3 is 14.3 Å². The van der Waals surface area contributed by atoms with Gasteiger partial charge in [0.15, 0.2) is 0 Å². The predicted octanol–water partition coefficient (Wildman–Crippen LogP) is 13.0. The average molecular weight is 643 g/mol. The maximum Gasteiger partial charge on any atom is 0.137 e. The van der Waals surface area contributed by atoms with Gasteiger partial charge in [-0.2, -0.15) is 0 Å². The molecule has 0 saturated heterocycles. The number of allylic oxidation sites excluding steroid dienone is 1. The molecule has 1 aliphatic rings. The van der Waals surface area contributed by atoms with Gasteiger partial charge in [-0.15, -0.1) is 0 Å². The summed E-state index contributed by atoms with van der Waals surface area (Å²) in [6.07, 6.45) is 5.67. The molecule has 238 valence electrons. The quantitative estimate of drug-likeness (QED) is 0.202. The van der Waals surface area contributed by atoms with Gasteiger partial charge in [0.25, 0.3) is 0 Å². The molecule has 0 aliphatic heterocycles. The van der Waals surface area contributed by atoms with E-state index in [1.165, 1.54) is 49.7 Å². The molecule has 2 heterocycles. The first-order chi connectivity index (χ1) is 24.7. The van der Waals surface area contributed by atoms with Crippen LogP contribution in [-0.2, 0) is 6.42 Å². The first kappa shape index (κ1) is 28.7. The molecule has 1 atom stereocenters. The lowest BCUT2D eigenvalue weighted by atomic mass is 9.90. The maximum absolute atomic E-state index is 6.36. The predicted molar refractivity (Wildman–Crippen MR) is 211 cm³/mol. The molecular formula is C47H34N2O. The van der Waals surface area contributed by atoms with Crippen molar-refractivity contribution in [1.29, 1.82) is 0 Å². The third kappa shape index (κ3) is 4.74. The molecule has 1 aliphatic carbocycles. The monoisotopic (exact) mass is 642 g/mol. The first-order valence-electron chi connectivity index (χ1n) is 17.4. The van der Waals surface area contributed by atoms with Crippen LogP contribution in [0.2, 0.25) is 0 Å². The van der Waals surface area contributed by atoms with Crippen LogP contribution in [-0.4, -0.2) is 4.57 Å². The number of benzene rings is 7. The van der Waals surface area contributed by atoms with E-state index in [1.807, 2.05) is 12.1 Å². The number of rotatable bonds is 5. The summed E-state index contributed by atoms with van der Waals surface area (Å²) in [5.41, 5.74) is 14.8. The summed E-state index contributed by atoms with van der Waals surface area (Å²) in [5, 5.41) is 8.47. The molecule has 10 rings (SSSR count). The maximum atomic E-state index is 6.36. The Labute approximate surface area is 290 Å². The van der Waals surface area contributed by atoms with E-state index in [2.05, 4.69) is 168 Å². The second kappa shape index (κ2) is 11.4. The highest BCUT2D eigenvalue weighted by Crippen LogP contribution is 2.41. The number of hydrogen-bond donors (Lipinski definition) is 1. The minimum absolute atomic E-state index is 0.583. The van der Waals surface area contributed by atoms with E-state index in [9.17, 15) is 0 Å². The van der Waals surface area contributed by atoms with E-state index in [4.69, 9.17) is 4.42 Å². The van der Waals surface area contributed by atoms with Crippen molar-refractivity contribution < 1.29 is 4.42 Å². The molecule has 0 radical (unpaired) electrons. The molecule has 1 N–H and O–H groups in total. The van der Waals surface area contributed by atoms with Gasteiger partial charge in [0, 0.05) is 50.2 Å². The average Bonchev–Trinajstić information content (AvgIpc) is 3.69. The molecule has 9 aromatic rings. The molecule has 1 unspecified atom stereocenters. The smallest absolute Gasteiger partial charge is 0.137 e. The van der Waals surface area contributed by atoms with Crippen molar-refractivity contribution in [3.05, 3.63) is 169 Å². The minimum atomic E-state index is 0.583.